The van der Waals surface area contributed by atoms with Gasteiger partial charge in [-0.15, -0.1) is 0 Å². The van der Waals surface area contributed by atoms with Crippen LogP contribution in [-0.2, 0) is 6.54 Å². The van der Waals surface area contributed by atoms with Crippen LogP contribution in [0.3, 0.4) is 0 Å². The van der Waals surface area contributed by atoms with Gasteiger partial charge in [0.1, 0.15) is 0 Å². The van der Waals surface area contributed by atoms with E-state index < -0.39 is 0 Å². The maximum absolute atomic E-state index is 10.2. The molecule has 0 aliphatic rings. The number of aromatic nitrogens is 2. The minimum atomic E-state index is 0.162. The van der Waals surface area contributed by atoms with Crippen molar-refractivity contribution in [3.8, 4) is 11.5 Å². The van der Waals surface area contributed by atoms with E-state index in [-0.39, 0.29) is 5.75 Å². The Hall–Kier alpha value is -2.30. The molecule has 2 rings (SSSR count). The van der Waals surface area contributed by atoms with Crippen LogP contribution < -0.4 is 4.74 Å². The van der Waals surface area contributed by atoms with E-state index in [0.29, 0.717) is 18.9 Å². The van der Waals surface area contributed by atoms with Crippen LogP contribution in [0.1, 0.15) is 25.8 Å². The smallest absolute Gasteiger partial charge is 0.166 e. The number of imidazole rings is 1. The van der Waals surface area contributed by atoms with Crippen molar-refractivity contribution in [2.75, 3.05) is 13.2 Å². The van der Waals surface area contributed by atoms with Crippen molar-refractivity contribution in [2.45, 2.75) is 26.8 Å². The number of aliphatic imine (C=N–C) groups is 1. The average molecular weight is 287 g/mol. The van der Waals surface area contributed by atoms with Crippen LogP contribution in [0.25, 0.3) is 0 Å². The highest BCUT2D eigenvalue weighted by atomic mass is 16.5. The first-order valence-corrected chi connectivity index (χ1v) is 7.14. The summed E-state index contributed by atoms with van der Waals surface area (Å²) in [6, 6.07) is 5.48. The molecule has 0 unspecified atom stereocenters. The molecule has 0 bridgehead atoms. The minimum absolute atomic E-state index is 0.162. The van der Waals surface area contributed by atoms with Gasteiger partial charge in [0.2, 0.25) is 0 Å². The van der Waals surface area contributed by atoms with E-state index in [1.807, 2.05) is 36.7 Å². The number of aryl methyl sites for hydroxylation is 1. The summed E-state index contributed by atoms with van der Waals surface area (Å²) in [4.78, 5) is 8.53. The van der Waals surface area contributed by atoms with Crippen molar-refractivity contribution in [1.29, 1.82) is 0 Å². The zero-order valence-electron chi connectivity index (χ0n) is 12.5. The van der Waals surface area contributed by atoms with Gasteiger partial charge in [0, 0.05) is 36.8 Å². The van der Waals surface area contributed by atoms with Crippen LogP contribution >= 0.6 is 0 Å². The van der Waals surface area contributed by atoms with Crippen molar-refractivity contribution in [1.82, 2.24) is 9.55 Å². The lowest BCUT2D eigenvalue weighted by atomic mass is 10.1. The lowest BCUT2D eigenvalue weighted by Crippen LogP contribution is -2.01. The van der Waals surface area contributed by atoms with Gasteiger partial charge < -0.3 is 14.4 Å². The van der Waals surface area contributed by atoms with E-state index >= 15 is 0 Å². The van der Waals surface area contributed by atoms with Crippen LogP contribution in [0.5, 0.6) is 11.5 Å². The van der Waals surface area contributed by atoms with Gasteiger partial charge in [-0.1, -0.05) is 6.07 Å². The van der Waals surface area contributed by atoms with E-state index in [2.05, 4.69) is 9.98 Å². The minimum Gasteiger partial charge on any atom is -0.504 e. The predicted octanol–water partition coefficient (Wildman–Crippen LogP) is 2.89. The van der Waals surface area contributed by atoms with Crippen LogP contribution in [0.15, 0.2) is 41.9 Å². The Balaban J connectivity index is 1.97. The van der Waals surface area contributed by atoms with Crippen LogP contribution in [0, 0.1) is 0 Å². The molecule has 0 atom stereocenters. The third-order valence-electron chi connectivity index (χ3n) is 3.17. The fourth-order valence-corrected chi connectivity index (χ4v) is 2.09. The standard InChI is InChI=1S/C16H21N3O2/c1-3-21-15-7-4-6-14(16(15)20)13(2)18-8-5-10-19-11-9-17-12-19/h4,6-7,9,11-12,20H,3,5,8,10H2,1-2H3. The fraction of sp³-hybridized carbons (Fsp3) is 0.375. The second-order valence-electron chi connectivity index (χ2n) is 4.71. The first kappa shape index (κ1) is 15.1. The number of nitrogens with zero attached hydrogens (tertiary/aromatic N) is 3. The normalized spacial score (nSPS) is 11.6. The number of phenols is 1. The highest BCUT2D eigenvalue weighted by Gasteiger charge is 2.09. The van der Waals surface area contributed by atoms with E-state index in [1.54, 1.807) is 18.6 Å². The molecule has 0 amide bonds. The summed E-state index contributed by atoms with van der Waals surface area (Å²) in [6.45, 7) is 5.92. The van der Waals surface area contributed by atoms with Gasteiger partial charge in [0.05, 0.1) is 12.9 Å². The number of ether oxygens (including phenoxy) is 1. The first-order valence-electron chi connectivity index (χ1n) is 7.14. The van der Waals surface area contributed by atoms with Crippen LogP contribution in [-0.4, -0.2) is 33.5 Å². The van der Waals surface area contributed by atoms with E-state index in [1.165, 1.54) is 0 Å². The van der Waals surface area contributed by atoms with Gasteiger partial charge in [-0.3, -0.25) is 4.99 Å². The van der Waals surface area contributed by atoms with Crippen molar-refractivity contribution in [2.24, 2.45) is 4.99 Å². The van der Waals surface area contributed by atoms with Gasteiger partial charge >= 0.3 is 0 Å². The molecule has 0 saturated heterocycles. The maximum atomic E-state index is 10.2. The SMILES string of the molecule is CCOc1cccc(C(C)=NCCCn2ccnc2)c1O. The largest absolute Gasteiger partial charge is 0.504 e. The number of aromatic hydroxyl groups is 1. The molecule has 0 fully saturated rings. The molecule has 5 heteroatoms. The Morgan fingerprint density at radius 3 is 3.00 bits per heavy atom. The van der Waals surface area contributed by atoms with E-state index in [9.17, 15) is 5.11 Å². The Bertz CT molecular complexity index is 592. The first-order chi connectivity index (χ1) is 10.2. The summed E-state index contributed by atoms with van der Waals surface area (Å²) in [7, 11) is 0. The number of hydrogen-bond acceptors (Lipinski definition) is 4. The summed E-state index contributed by atoms with van der Waals surface area (Å²) < 4.78 is 7.41. The van der Waals surface area contributed by atoms with E-state index in [4.69, 9.17) is 4.74 Å². The van der Waals surface area contributed by atoms with Crippen LogP contribution in [0.4, 0.5) is 0 Å². The van der Waals surface area contributed by atoms with Crippen molar-refractivity contribution in [3.05, 3.63) is 42.5 Å². The van der Waals surface area contributed by atoms with E-state index in [0.717, 1.165) is 24.2 Å². The number of rotatable bonds is 7. The zero-order chi connectivity index (χ0) is 15.1. The monoisotopic (exact) mass is 287 g/mol. The molecule has 0 aliphatic heterocycles. The van der Waals surface area contributed by atoms with Crippen LogP contribution in [0.2, 0.25) is 0 Å². The molecule has 1 aromatic heterocycles. The molecule has 0 aliphatic carbocycles. The Kier molecular flexibility index (Phi) is 5.37. The third kappa shape index (κ3) is 4.08. The molecular weight excluding hydrogens is 266 g/mol. The summed E-state index contributed by atoms with van der Waals surface area (Å²) in [5.74, 6) is 0.665. The van der Waals surface area contributed by atoms with Gasteiger partial charge in [0.25, 0.3) is 0 Å². The third-order valence-corrected chi connectivity index (χ3v) is 3.17. The van der Waals surface area contributed by atoms with Gasteiger partial charge in [-0.05, 0) is 32.4 Å². The Morgan fingerprint density at radius 2 is 2.29 bits per heavy atom. The second kappa shape index (κ2) is 7.47. The van der Waals surface area contributed by atoms with Crippen molar-refractivity contribution < 1.29 is 9.84 Å². The molecule has 1 aromatic carbocycles. The number of phenolic OH excluding ortho intramolecular Hbond substituents is 1. The molecule has 112 valence electrons. The van der Waals surface area contributed by atoms with Gasteiger partial charge in [0.15, 0.2) is 11.5 Å². The molecule has 2 aromatic rings. The summed E-state index contributed by atoms with van der Waals surface area (Å²) in [6.07, 6.45) is 6.44. The fourth-order valence-electron chi connectivity index (χ4n) is 2.09. The summed E-state index contributed by atoms with van der Waals surface area (Å²) >= 11 is 0. The molecule has 1 heterocycles. The van der Waals surface area contributed by atoms with Gasteiger partial charge in [-0.2, -0.15) is 0 Å². The topological polar surface area (TPSA) is 59.6 Å². The highest BCUT2D eigenvalue weighted by Crippen LogP contribution is 2.30. The molecule has 0 spiro atoms. The van der Waals surface area contributed by atoms with Crippen molar-refractivity contribution in [3.63, 3.8) is 0 Å². The quantitative estimate of drug-likeness (QED) is 0.629. The molecule has 21 heavy (non-hydrogen) atoms. The lowest BCUT2D eigenvalue weighted by molar-refractivity contribution is 0.318. The number of benzene rings is 1. The predicted molar refractivity (Wildman–Crippen MR) is 83.2 cm³/mol. The Labute approximate surface area is 124 Å². The molecule has 0 saturated carbocycles. The molecule has 0 radical (unpaired) electrons. The molecule has 5 nitrogen and oxygen atoms in total. The number of para-hydroxylation sites is 1. The number of hydrogen-bond donors (Lipinski definition) is 1. The summed E-state index contributed by atoms with van der Waals surface area (Å²) in [5, 5.41) is 10.2. The molecular formula is C16H21N3O2. The zero-order valence-corrected chi connectivity index (χ0v) is 12.5. The highest BCUT2D eigenvalue weighted by molar-refractivity contribution is 6.01. The lowest BCUT2D eigenvalue weighted by Gasteiger charge is -2.10. The van der Waals surface area contributed by atoms with Gasteiger partial charge in [-0.25, -0.2) is 4.98 Å². The summed E-state index contributed by atoms with van der Waals surface area (Å²) in [5.41, 5.74) is 1.54. The average Bonchev–Trinajstić information content (AvgIpc) is 2.99. The van der Waals surface area contributed by atoms with Crippen molar-refractivity contribution >= 4 is 5.71 Å². The molecule has 1 N–H and O–H groups in total. The maximum Gasteiger partial charge on any atom is 0.166 e. The second-order valence-corrected chi connectivity index (χ2v) is 4.71. The Morgan fingerprint density at radius 1 is 1.43 bits per heavy atom.